The Hall–Kier alpha value is -2.73. The van der Waals surface area contributed by atoms with Crippen molar-refractivity contribution >= 4 is 5.91 Å². The molecule has 136 valence electrons. The number of aromatic hydroxyl groups is 1. The second kappa shape index (κ2) is 6.53. The minimum absolute atomic E-state index is 0.0661. The van der Waals surface area contributed by atoms with E-state index in [2.05, 4.69) is 10.2 Å². The van der Waals surface area contributed by atoms with Crippen LogP contribution in [0.15, 0.2) is 42.5 Å². The number of para-hydroxylation sites is 1. The van der Waals surface area contributed by atoms with Gasteiger partial charge in [-0.05, 0) is 29.8 Å². The van der Waals surface area contributed by atoms with Crippen molar-refractivity contribution in [2.24, 2.45) is 0 Å². The molecular formula is C20H22N2O4. The number of rotatable bonds is 3. The van der Waals surface area contributed by atoms with Crippen LogP contribution in [0.4, 0.5) is 0 Å². The first-order chi connectivity index (χ1) is 12.6. The standard InChI is InChI=1S/C20H22N2O4/c1-25-18-12-14(6-7-16(18)23)13-22-10-8-20(9-11-22)21-19(24)15-4-2-3-5-17(15)26-20/h2-7,12,23H,8-11,13H2,1H3,(H,21,24). The molecule has 6 nitrogen and oxygen atoms in total. The summed E-state index contributed by atoms with van der Waals surface area (Å²) in [6.07, 6.45) is 1.45. The molecule has 0 radical (unpaired) electrons. The lowest BCUT2D eigenvalue weighted by Crippen LogP contribution is -2.60. The fraction of sp³-hybridized carbons (Fsp3) is 0.350. The molecule has 1 spiro atoms. The second-order valence-corrected chi connectivity index (χ2v) is 6.83. The van der Waals surface area contributed by atoms with Gasteiger partial charge in [0.15, 0.2) is 17.2 Å². The van der Waals surface area contributed by atoms with Gasteiger partial charge in [-0.3, -0.25) is 9.69 Å². The van der Waals surface area contributed by atoms with E-state index in [1.807, 2.05) is 30.3 Å². The summed E-state index contributed by atoms with van der Waals surface area (Å²) in [7, 11) is 1.55. The van der Waals surface area contributed by atoms with Gasteiger partial charge in [0, 0.05) is 32.5 Å². The van der Waals surface area contributed by atoms with E-state index in [0.29, 0.717) is 17.1 Å². The Balaban J connectivity index is 1.42. The molecule has 4 rings (SSSR count). The molecule has 2 N–H and O–H groups in total. The van der Waals surface area contributed by atoms with E-state index in [4.69, 9.17) is 9.47 Å². The highest BCUT2D eigenvalue weighted by Gasteiger charge is 2.42. The molecule has 2 aliphatic rings. The Bertz CT molecular complexity index is 828. The topological polar surface area (TPSA) is 71.0 Å². The molecule has 0 atom stereocenters. The van der Waals surface area contributed by atoms with Gasteiger partial charge in [0.25, 0.3) is 5.91 Å². The molecule has 26 heavy (non-hydrogen) atoms. The number of nitrogens with one attached hydrogen (secondary N) is 1. The summed E-state index contributed by atoms with van der Waals surface area (Å²) < 4.78 is 11.3. The molecule has 1 saturated heterocycles. The van der Waals surface area contributed by atoms with Crippen LogP contribution in [0.5, 0.6) is 17.2 Å². The lowest BCUT2D eigenvalue weighted by Gasteiger charge is -2.44. The number of hydrogen-bond donors (Lipinski definition) is 2. The first kappa shape index (κ1) is 16.7. The second-order valence-electron chi connectivity index (χ2n) is 6.83. The maximum atomic E-state index is 12.4. The molecule has 0 aliphatic carbocycles. The Morgan fingerprint density at radius 2 is 2.00 bits per heavy atom. The van der Waals surface area contributed by atoms with Crippen LogP contribution in [0.2, 0.25) is 0 Å². The molecule has 0 bridgehead atoms. The highest BCUT2D eigenvalue weighted by molar-refractivity contribution is 5.98. The van der Waals surface area contributed by atoms with Gasteiger partial charge in [0.1, 0.15) is 5.75 Å². The summed E-state index contributed by atoms with van der Waals surface area (Å²) in [5.74, 6) is 1.22. The van der Waals surface area contributed by atoms with E-state index < -0.39 is 5.72 Å². The van der Waals surface area contributed by atoms with Crippen molar-refractivity contribution in [1.82, 2.24) is 10.2 Å². The molecule has 1 amide bonds. The summed E-state index contributed by atoms with van der Waals surface area (Å²) >= 11 is 0. The van der Waals surface area contributed by atoms with Gasteiger partial charge < -0.3 is 19.9 Å². The van der Waals surface area contributed by atoms with E-state index in [9.17, 15) is 9.90 Å². The zero-order valence-electron chi connectivity index (χ0n) is 14.7. The van der Waals surface area contributed by atoms with Gasteiger partial charge in [-0.15, -0.1) is 0 Å². The first-order valence-corrected chi connectivity index (χ1v) is 8.77. The molecule has 2 aromatic carbocycles. The number of hydrogen-bond acceptors (Lipinski definition) is 5. The molecular weight excluding hydrogens is 332 g/mol. The van der Waals surface area contributed by atoms with Gasteiger partial charge in [-0.2, -0.15) is 0 Å². The number of phenols is 1. The smallest absolute Gasteiger partial charge is 0.258 e. The number of phenolic OH excluding ortho intramolecular Hbond substituents is 1. The largest absolute Gasteiger partial charge is 0.504 e. The van der Waals surface area contributed by atoms with Crippen molar-refractivity contribution in [3.05, 3.63) is 53.6 Å². The third kappa shape index (κ3) is 3.08. The zero-order chi connectivity index (χ0) is 18.1. The monoisotopic (exact) mass is 354 g/mol. The number of likely N-dealkylation sites (tertiary alicyclic amines) is 1. The van der Waals surface area contributed by atoms with Crippen molar-refractivity contribution < 1.29 is 19.4 Å². The van der Waals surface area contributed by atoms with Crippen LogP contribution in [0.3, 0.4) is 0 Å². The number of ether oxygens (including phenoxy) is 2. The predicted molar refractivity (Wildman–Crippen MR) is 96.4 cm³/mol. The van der Waals surface area contributed by atoms with E-state index >= 15 is 0 Å². The van der Waals surface area contributed by atoms with Gasteiger partial charge in [-0.25, -0.2) is 0 Å². The summed E-state index contributed by atoms with van der Waals surface area (Å²) in [5, 5.41) is 12.8. The number of benzene rings is 2. The molecule has 2 heterocycles. The number of carbonyl (C=O) groups excluding carboxylic acids is 1. The summed E-state index contributed by atoms with van der Waals surface area (Å²) in [6.45, 7) is 2.38. The van der Waals surface area contributed by atoms with Crippen LogP contribution in [-0.4, -0.2) is 41.8 Å². The number of fused-ring (bicyclic) bond motifs is 1. The Labute approximate surface area is 152 Å². The third-order valence-electron chi connectivity index (χ3n) is 5.09. The lowest BCUT2D eigenvalue weighted by molar-refractivity contribution is -0.0304. The Morgan fingerprint density at radius 1 is 1.23 bits per heavy atom. The highest BCUT2D eigenvalue weighted by Crippen LogP contribution is 2.34. The number of methoxy groups -OCH3 is 1. The summed E-state index contributed by atoms with van der Waals surface area (Å²) in [4.78, 5) is 14.7. The molecule has 2 aromatic rings. The number of nitrogens with zero attached hydrogens (tertiary/aromatic N) is 1. The quantitative estimate of drug-likeness (QED) is 0.886. The van der Waals surface area contributed by atoms with Crippen molar-refractivity contribution in [3.63, 3.8) is 0 Å². The van der Waals surface area contributed by atoms with E-state index in [1.165, 1.54) is 0 Å². The number of amides is 1. The highest BCUT2D eigenvalue weighted by atomic mass is 16.5. The van der Waals surface area contributed by atoms with Crippen LogP contribution in [-0.2, 0) is 6.54 Å². The van der Waals surface area contributed by atoms with Crippen LogP contribution >= 0.6 is 0 Å². The van der Waals surface area contributed by atoms with Crippen LogP contribution in [0.25, 0.3) is 0 Å². The minimum atomic E-state index is -0.616. The fourth-order valence-corrected chi connectivity index (χ4v) is 3.63. The molecule has 0 saturated carbocycles. The maximum Gasteiger partial charge on any atom is 0.258 e. The summed E-state index contributed by atoms with van der Waals surface area (Å²) in [6, 6.07) is 12.8. The molecule has 0 aromatic heterocycles. The molecule has 2 aliphatic heterocycles. The zero-order valence-corrected chi connectivity index (χ0v) is 14.7. The summed E-state index contributed by atoms with van der Waals surface area (Å²) in [5.41, 5.74) is 1.06. The minimum Gasteiger partial charge on any atom is -0.504 e. The van der Waals surface area contributed by atoms with Crippen LogP contribution in [0.1, 0.15) is 28.8 Å². The number of carbonyl (C=O) groups is 1. The van der Waals surface area contributed by atoms with Crippen molar-refractivity contribution in [2.45, 2.75) is 25.1 Å². The van der Waals surface area contributed by atoms with Crippen molar-refractivity contribution in [3.8, 4) is 17.2 Å². The van der Waals surface area contributed by atoms with Crippen LogP contribution < -0.4 is 14.8 Å². The van der Waals surface area contributed by atoms with E-state index in [-0.39, 0.29) is 11.7 Å². The Kier molecular flexibility index (Phi) is 4.20. The van der Waals surface area contributed by atoms with E-state index in [0.717, 1.165) is 38.0 Å². The average molecular weight is 354 g/mol. The Morgan fingerprint density at radius 3 is 2.77 bits per heavy atom. The van der Waals surface area contributed by atoms with E-state index in [1.54, 1.807) is 19.2 Å². The lowest BCUT2D eigenvalue weighted by atomic mass is 9.96. The maximum absolute atomic E-state index is 12.4. The SMILES string of the molecule is COc1cc(CN2CCC3(CC2)NC(=O)c2ccccc2O3)ccc1O. The van der Waals surface area contributed by atoms with Gasteiger partial charge >= 0.3 is 0 Å². The predicted octanol–water partition coefficient (Wildman–Crippen LogP) is 2.52. The van der Waals surface area contributed by atoms with Crippen molar-refractivity contribution in [1.29, 1.82) is 0 Å². The number of piperidine rings is 1. The molecule has 6 heteroatoms. The molecule has 1 fully saturated rings. The molecule has 0 unspecified atom stereocenters. The van der Waals surface area contributed by atoms with Crippen LogP contribution in [0, 0.1) is 0 Å². The first-order valence-electron chi connectivity index (χ1n) is 8.77. The normalized spacial score (nSPS) is 18.7. The van der Waals surface area contributed by atoms with Crippen molar-refractivity contribution in [2.75, 3.05) is 20.2 Å². The van der Waals surface area contributed by atoms with Gasteiger partial charge in [0.2, 0.25) is 0 Å². The third-order valence-corrected chi connectivity index (χ3v) is 5.09. The fourth-order valence-electron chi connectivity index (χ4n) is 3.63. The van der Waals surface area contributed by atoms with Gasteiger partial charge in [-0.1, -0.05) is 18.2 Å². The van der Waals surface area contributed by atoms with Gasteiger partial charge in [0.05, 0.1) is 12.7 Å². The average Bonchev–Trinajstić information content (AvgIpc) is 2.65.